The van der Waals surface area contributed by atoms with Crippen LogP contribution in [0.15, 0.2) is 23.1 Å². The highest BCUT2D eigenvalue weighted by Gasteiger charge is 2.26. The molecule has 0 saturated heterocycles. The smallest absolute Gasteiger partial charge is 0.242 e. The molecule has 0 atom stereocenters. The molecule has 0 radical (unpaired) electrons. The van der Waals surface area contributed by atoms with Crippen LogP contribution in [0, 0.1) is 0 Å². The lowest BCUT2D eigenvalue weighted by molar-refractivity contribution is 0.462. The van der Waals surface area contributed by atoms with E-state index >= 15 is 0 Å². The zero-order valence-corrected chi connectivity index (χ0v) is 11.8. The molecule has 0 spiro atoms. The molecule has 1 aromatic carbocycles. The molecule has 4 nitrogen and oxygen atoms in total. The van der Waals surface area contributed by atoms with Gasteiger partial charge in [0, 0.05) is 17.1 Å². The standard InChI is InChI=1S/C10H14Cl2N2O2S/c1-10(2,6-13)14-17(15,16)9-5-7(11)3-4-8(9)12/h3-5,14H,6,13H2,1-2H3. The minimum atomic E-state index is -3.73. The first-order valence-electron chi connectivity index (χ1n) is 4.87. The zero-order valence-electron chi connectivity index (χ0n) is 9.50. The quantitative estimate of drug-likeness (QED) is 0.893. The first-order chi connectivity index (χ1) is 7.68. The topological polar surface area (TPSA) is 72.2 Å². The van der Waals surface area contributed by atoms with Crippen LogP contribution >= 0.6 is 23.2 Å². The predicted octanol–water partition coefficient (Wildman–Crippen LogP) is 2.01. The molecule has 0 unspecified atom stereocenters. The third-order valence-electron chi connectivity index (χ3n) is 2.10. The average molecular weight is 297 g/mol. The van der Waals surface area contributed by atoms with Gasteiger partial charge in [-0.15, -0.1) is 0 Å². The van der Waals surface area contributed by atoms with E-state index in [1.165, 1.54) is 18.2 Å². The summed E-state index contributed by atoms with van der Waals surface area (Å²) in [5, 5.41) is 0.426. The number of nitrogens with one attached hydrogen (secondary N) is 1. The van der Waals surface area contributed by atoms with Crippen LogP contribution in [0.5, 0.6) is 0 Å². The van der Waals surface area contributed by atoms with Gasteiger partial charge in [0.15, 0.2) is 0 Å². The fourth-order valence-electron chi connectivity index (χ4n) is 1.14. The van der Waals surface area contributed by atoms with E-state index in [0.29, 0.717) is 5.02 Å². The maximum atomic E-state index is 12.1. The van der Waals surface area contributed by atoms with Gasteiger partial charge in [-0.3, -0.25) is 0 Å². The normalized spacial score (nSPS) is 12.8. The first kappa shape index (κ1) is 14.7. The van der Waals surface area contributed by atoms with Crippen LogP contribution in [0.2, 0.25) is 10.0 Å². The fourth-order valence-corrected chi connectivity index (χ4v) is 3.33. The Bertz CT molecular complexity index is 515. The van der Waals surface area contributed by atoms with Gasteiger partial charge in [0.1, 0.15) is 4.90 Å². The van der Waals surface area contributed by atoms with Gasteiger partial charge in [0.25, 0.3) is 0 Å². The Morgan fingerprint density at radius 3 is 2.47 bits per heavy atom. The minimum Gasteiger partial charge on any atom is -0.329 e. The summed E-state index contributed by atoms with van der Waals surface area (Å²) in [5.41, 5.74) is 4.73. The third-order valence-corrected chi connectivity index (χ3v) is 4.52. The van der Waals surface area contributed by atoms with Crippen molar-refractivity contribution in [1.82, 2.24) is 4.72 Å². The van der Waals surface area contributed by atoms with E-state index in [1.54, 1.807) is 13.8 Å². The first-order valence-corrected chi connectivity index (χ1v) is 7.11. The molecule has 7 heteroatoms. The van der Waals surface area contributed by atoms with Crippen molar-refractivity contribution in [1.29, 1.82) is 0 Å². The lowest BCUT2D eigenvalue weighted by atomic mass is 10.1. The SMILES string of the molecule is CC(C)(CN)NS(=O)(=O)c1cc(Cl)ccc1Cl. The molecule has 0 aliphatic carbocycles. The van der Waals surface area contributed by atoms with E-state index < -0.39 is 15.6 Å². The second-order valence-electron chi connectivity index (χ2n) is 4.27. The third kappa shape index (κ3) is 3.82. The van der Waals surface area contributed by atoms with Crippen molar-refractivity contribution in [2.45, 2.75) is 24.3 Å². The van der Waals surface area contributed by atoms with Gasteiger partial charge < -0.3 is 5.73 Å². The molecule has 0 aliphatic heterocycles. The Kier molecular flexibility index (Phi) is 4.43. The van der Waals surface area contributed by atoms with Gasteiger partial charge in [0.05, 0.1) is 5.02 Å². The van der Waals surface area contributed by atoms with Crippen molar-refractivity contribution >= 4 is 33.2 Å². The van der Waals surface area contributed by atoms with E-state index in [1.807, 2.05) is 0 Å². The summed E-state index contributed by atoms with van der Waals surface area (Å²) in [5.74, 6) is 0. The van der Waals surface area contributed by atoms with E-state index in [4.69, 9.17) is 28.9 Å². The maximum Gasteiger partial charge on any atom is 0.242 e. The summed E-state index contributed by atoms with van der Waals surface area (Å²) >= 11 is 11.6. The van der Waals surface area contributed by atoms with Crippen LogP contribution in [0.3, 0.4) is 0 Å². The van der Waals surface area contributed by atoms with Crippen LogP contribution in [0.4, 0.5) is 0 Å². The van der Waals surface area contributed by atoms with Crippen molar-refractivity contribution in [2.24, 2.45) is 5.73 Å². The maximum absolute atomic E-state index is 12.1. The summed E-state index contributed by atoms with van der Waals surface area (Å²) in [4.78, 5) is -0.0480. The summed E-state index contributed by atoms with van der Waals surface area (Å²) in [7, 11) is -3.73. The van der Waals surface area contributed by atoms with Gasteiger partial charge >= 0.3 is 0 Å². The zero-order chi connectivity index (χ0) is 13.3. The molecule has 0 aliphatic rings. The molecular formula is C10H14Cl2N2O2S. The lowest BCUT2D eigenvalue weighted by Crippen LogP contribution is -2.48. The summed E-state index contributed by atoms with van der Waals surface area (Å²) < 4.78 is 26.6. The molecule has 0 bridgehead atoms. The largest absolute Gasteiger partial charge is 0.329 e. The van der Waals surface area contributed by atoms with Crippen molar-refractivity contribution < 1.29 is 8.42 Å². The molecule has 0 fully saturated rings. The number of sulfonamides is 1. The van der Waals surface area contributed by atoms with Crippen LogP contribution < -0.4 is 10.5 Å². The second kappa shape index (κ2) is 5.12. The summed E-state index contributed by atoms with van der Waals surface area (Å²) in [6, 6.07) is 4.27. The lowest BCUT2D eigenvalue weighted by Gasteiger charge is -2.24. The van der Waals surface area contributed by atoms with Crippen LogP contribution in [-0.4, -0.2) is 20.5 Å². The van der Waals surface area contributed by atoms with E-state index in [0.717, 1.165) is 0 Å². The number of hydrogen-bond acceptors (Lipinski definition) is 3. The number of benzene rings is 1. The molecule has 3 N–H and O–H groups in total. The molecular weight excluding hydrogens is 283 g/mol. The van der Waals surface area contributed by atoms with Gasteiger partial charge in [-0.1, -0.05) is 23.2 Å². The number of hydrogen-bond donors (Lipinski definition) is 2. The predicted molar refractivity (Wildman–Crippen MR) is 69.9 cm³/mol. The monoisotopic (exact) mass is 296 g/mol. The second-order valence-corrected chi connectivity index (χ2v) is 6.76. The van der Waals surface area contributed by atoms with Crippen LogP contribution in [0.25, 0.3) is 0 Å². The van der Waals surface area contributed by atoms with Gasteiger partial charge in [-0.25, -0.2) is 13.1 Å². The number of rotatable bonds is 4. The Labute approximate surface area is 111 Å². The molecule has 96 valence electrons. The van der Waals surface area contributed by atoms with E-state index in [9.17, 15) is 8.42 Å². The van der Waals surface area contributed by atoms with Gasteiger partial charge in [0.2, 0.25) is 10.0 Å². The van der Waals surface area contributed by atoms with Crippen molar-refractivity contribution in [3.63, 3.8) is 0 Å². The van der Waals surface area contributed by atoms with E-state index in [-0.39, 0.29) is 16.5 Å². The van der Waals surface area contributed by atoms with Gasteiger partial charge in [-0.05, 0) is 32.0 Å². The molecule has 0 saturated carbocycles. The average Bonchev–Trinajstić information content (AvgIpc) is 2.20. The highest BCUT2D eigenvalue weighted by atomic mass is 35.5. The Hall–Kier alpha value is -0.330. The number of nitrogens with two attached hydrogens (primary N) is 1. The molecule has 0 heterocycles. The fraction of sp³-hybridized carbons (Fsp3) is 0.400. The molecule has 17 heavy (non-hydrogen) atoms. The van der Waals surface area contributed by atoms with Crippen LogP contribution in [0.1, 0.15) is 13.8 Å². The minimum absolute atomic E-state index is 0.0480. The van der Waals surface area contributed by atoms with Crippen molar-refractivity contribution in [3.8, 4) is 0 Å². The summed E-state index contributed by atoms with van der Waals surface area (Å²) in [6.07, 6.45) is 0. The number of halogens is 2. The Morgan fingerprint density at radius 2 is 1.94 bits per heavy atom. The molecule has 0 amide bonds. The van der Waals surface area contributed by atoms with Crippen LogP contribution in [-0.2, 0) is 10.0 Å². The molecule has 1 rings (SSSR count). The molecule has 0 aromatic heterocycles. The van der Waals surface area contributed by atoms with E-state index in [2.05, 4.69) is 4.72 Å². The molecule has 1 aromatic rings. The van der Waals surface area contributed by atoms with Crippen molar-refractivity contribution in [3.05, 3.63) is 28.2 Å². The van der Waals surface area contributed by atoms with Crippen molar-refractivity contribution in [2.75, 3.05) is 6.54 Å². The Balaban J connectivity index is 3.18. The highest BCUT2D eigenvalue weighted by molar-refractivity contribution is 7.89. The summed E-state index contributed by atoms with van der Waals surface area (Å²) in [6.45, 7) is 3.54. The van der Waals surface area contributed by atoms with Gasteiger partial charge in [-0.2, -0.15) is 0 Å². The highest BCUT2D eigenvalue weighted by Crippen LogP contribution is 2.25. The Morgan fingerprint density at radius 1 is 1.35 bits per heavy atom.